The summed E-state index contributed by atoms with van der Waals surface area (Å²) in [5.74, 6) is 0.921. The second kappa shape index (κ2) is 8.19. The summed E-state index contributed by atoms with van der Waals surface area (Å²) in [6, 6.07) is 17.5. The topological polar surface area (TPSA) is 28.6 Å². The Morgan fingerprint density at radius 2 is 2.00 bits per heavy atom. The van der Waals surface area contributed by atoms with Gasteiger partial charge in [-0.25, -0.2) is 0 Å². The first kappa shape index (κ1) is 18.8. The average Bonchev–Trinajstić information content (AvgIpc) is 3.14. The first-order valence-corrected chi connectivity index (χ1v) is 10.1. The van der Waals surface area contributed by atoms with E-state index in [2.05, 4.69) is 73.3 Å². The van der Waals surface area contributed by atoms with Gasteiger partial charge in [0.2, 0.25) is 0 Å². The van der Waals surface area contributed by atoms with E-state index in [0.717, 1.165) is 49.2 Å². The Hall–Kier alpha value is -2.59. The van der Waals surface area contributed by atoms with Crippen molar-refractivity contribution in [1.82, 2.24) is 9.88 Å². The van der Waals surface area contributed by atoms with Crippen LogP contribution in [0.3, 0.4) is 0 Å². The van der Waals surface area contributed by atoms with Crippen LogP contribution in [0.5, 0.6) is 5.75 Å². The van der Waals surface area contributed by atoms with E-state index >= 15 is 0 Å². The van der Waals surface area contributed by atoms with Crippen LogP contribution in [0.2, 0.25) is 0 Å². The van der Waals surface area contributed by atoms with Gasteiger partial charge in [0.15, 0.2) is 0 Å². The number of ether oxygens (including phenoxy) is 1. The van der Waals surface area contributed by atoms with Gasteiger partial charge in [0.25, 0.3) is 0 Å². The van der Waals surface area contributed by atoms with E-state index in [1.165, 1.54) is 16.8 Å². The third kappa shape index (κ3) is 3.97. The van der Waals surface area contributed by atoms with Crippen molar-refractivity contribution in [2.45, 2.75) is 25.8 Å². The molecule has 0 unspecified atom stereocenters. The highest BCUT2D eigenvalue weighted by molar-refractivity contribution is 5.80. The first-order valence-electron chi connectivity index (χ1n) is 10.1. The molecule has 0 aliphatic carbocycles. The van der Waals surface area contributed by atoms with Crippen LogP contribution in [0.4, 0.5) is 5.69 Å². The molecule has 4 rings (SSSR count). The minimum absolute atomic E-state index is 0.296. The standard InChI is InChI=1S/C24H29N3O/c1-18(27-13-11-19-7-4-5-8-24(19)27)21-15-20-16-22(9-10-23(20)25-17-21)28-14-6-12-26(2)3/h4-5,7-10,15-18H,6,11-14H2,1-3H3/t18-/m0/s1. The number of benzene rings is 2. The van der Waals surface area contributed by atoms with E-state index in [9.17, 15) is 0 Å². The van der Waals surface area contributed by atoms with Crippen molar-refractivity contribution < 1.29 is 4.74 Å². The molecule has 2 aromatic carbocycles. The molecule has 1 atom stereocenters. The maximum absolute atomic E-state index is 5.95. The third-order valence-corrected chi connectivity index (χ3v) is 5.57. The van der Waals surface area contributed by atoms with Crippen molar-refractivity contribution in [2.24, 2.45) is 0 Å². The number of pyridine rings is 1. The zero-order chi connectivity index (χ0) is 19.5. The fraction of sp³-hybridized carbons (Fsp3) is 0.375. The van der Waals surface area contributed by atoms with Crippen LogP contribution in [-0.4, -0.2) is 43.7 Å². The zero-order valence-corrected chi connectivity index (χ0v) is 17.1. The maximum atomic E-state index is 5.95. The summed E-state index contributed by atoms with van der Waals surface area (Å²) >= 11 is 0. The third-order valence-electron chi connectivity index (χ3n) is 5.57. The quantitative estimate of drug-likeness (QED) is 0.560. The number of nitrogens with zero attached hydrogens (tertiary/aromatic N) is 3. The van der Waals surface area contributed by atoms with Crippen LogP contribution < -0.4 is 9.64 Å². The van der Waals surface area contributed by atoms with Gasteiger partial charge in [-0.1, -0.05) is 18.2 Å². The molecule has 4 heteroatoms. The second-order valence-corrected chi connectivity index (χ2v) is 7.88. The summed E-state index contributed by atoms with van der Waals surface area (Å²) in [5.41, 5.74) is 5.05. The molecule has 0 fully saturated rings. The van der Waals surface area contributed by atoms with Gasteiger partial charge in [-0.3, -0.25) is 4.98 Å². The lowest BCUT2D eigenvalue weighted by atomic mass is 10.1. The Bertz CT molecular complexity index is 953. The predicted octanol–water partition coefficient (Wildman–Crippen LogP) is 4.69. The van der Waals surface area contributed by atoms with Gasteiger partial charge < -0.3 is 14.5 Å². The summed E-state index contributed by atoms with van der Waals surface area (Å²) in [6.07, 6.45) is 4.16. The van der Waals surface area contributed by atoms with E-state index in [0.29, 0.717) is 6.04 Å². The summed E-state index contributed by atoms with van der Waals surface area (Å²) in [5, 5.41) is 1.14. The Balaban J connectivity index is 1.52. The molecule has 1 aromatic heterocycles. The predicted molar refractivity (Wildman–Crippen MR) is 116 cm³/mol. The van der Waals surface area contributed by atoms with Crippen LogP contribution in [0, 0.1) is 0 Å². The number of rotatable bonds is 7. The van der Waals surface area contributed by atoms with Gasteiger partial charge >= 0.3 is 0 Å². The van der Waals surface area contributed by atoms with E-state index in [1.54, 1.807) is 0 Å². The van der Waals surface area contributed by atoms with Crippen LogP contribution in [0.25, 0.3) is 10.9 Å². The molecule has 0 bridgehead atoms. The highest BCUT2D eigenvalue weighted by atomic mass is 16.5. The smallest absolute Gasteiger partial charge is 0.120 e. The monoisotopic (exact) mass is 375 g/mol. The van der Waals surface area contributed by atoms with Crippen molar-refractivity contribution in [3.63, 3.8) is 0 Å². The number of aromatic nitrogens is 1. The molecule has 4 nitrogen and oxygen atoms in total. The largest absolute Gasteiger partial charge is 0.494 e. The van der Waals surface area contributed by atoms with Crippen LogP contribution in [0.1, 0.15) is 30.5 Å². The molecule has 146 valence electrons. The van der Waals surface area contributed by atoms with Crippen molar-refractivity contribution in [2.75, 3.05) is 38.7 Å². The minimum Gasteiger partial charge on any atom is -0.494 e. The Morgan fingerprint density at radius 3 is 2.86 bits per heavy atom. The molecular formula is C24H29N3O. The summed E-state index contributed by atoms with van der Waals surface area (Å²) in [7, 11) is 4.17. The highest BCUT2D eigenvalue weighted by Crippen LogP contribution is 2.35. The molecule has 0 amide bonds. The molecule has 0 spiro atoms. The normalized spacial score (nSPS) is 14.5. The lowest BCUT2D eigenvalue weighted by molar-refractivity contribution is 0.282. The van der Waals surface area contributed by atoms with E-state index < -0.39 is 0 Å². The Morgan fingerprint density at radius 1 is 1.14 bits per heavy atom. The summed E-state index contributed by atoms with van der Waals surface area (Å²) < 4.78 is 5.95. The Labute approximate surface area is 167 Å². The van der Waals surface area contributed by atoms with E-state index in [-0.39, 0.29) is 0 Å². The van der Waals surface area contributed by atoms with Crippen LogP contribution in [-0.2, 0) is 6.42 Å². The van der Waals surface area contributed by atoms with Gasteiger partial charge in [0.1, 0.15) is 5.75 Å². The molecule has 0 saturated carbocycles. The summed E-state index contributed by atoms with van der Waals surface area (Å²) in [6.45, 7) is 5.10. The Kier molecular flexibility index (Phi) is 5.49. The molecule has 0 saturated heterocycles. The highest BCUT2D eigenvalue weighted by Gasteiger charge is 2.24. The SMILES string of the molecule is C[C@@H](c1cnc2ccc(OCCCN(C)C)cc2c1)N1CCc2ccccc21. The van der Waals surface area contributed by atoms with E-state index in [1.807, 2.05) is 12.3 Å². The lowest BCUT2D eigenvalue weighted by Crippen LogP contribution is -2.24. The van der Waals surface area contributed by atoms with Gasteiger partial charge in [-0.15, -0.1) is 0 Å². The molecule has 1 aliphatic heterocycles. The summed E-state index contributed by atoms with van der Waals surface area (Å²) in [4.78, 5) is 9.37. The molecular weight excluding hydrogens is 346 g/mol. The number of anilines is 1. The molecule has 2 heterocycles. The fourth-order valence-electron chi connectivity index (χ4n) is 3.96. The number of hydrogen-bond acceptors (Lipinski definition) is 4. The molecule has 28 heavy (non-hydrogen) atoms. The van der Waals surface area contributed by atoms with Gasteiger partial charge in [-0.05, 0) is 75.3 Å². The number of hydrogen-bond donors (Lipinski definition) is 0. The zero-order valence-electron chi connectivity index (χ0n) is 17.1. The molecule has 3 aromatic rings. The van der Waals surface area contributed by atoms with Crippen molar-refractivity contribution in [3.05, 3.63) is 65.9 Å². The lowest BCUT2D eigenvalue weighted by Gasteiger charge is -2.27. The van der Waals surface area contributed by atoms with E-state index in [4.69, 9.17) is 9.72 Å². The van der Waals surface area contributed by atoms with Gasteiger partial charge in [0, 0.05) is 30.4 Å². The number of fused-ring (bicyclic) bond motifs is 2. The van der Waals surface area contributed by atoms with Crippen LogP contribution >= 0.6 is 0 Å². The molecule has 0 N–H and O–H groups in total. The van der Waals surface area contributed by atoms with Crippen LogP contribution in [0.15, 0.2) is 54.7 Å². The minimum atomic E-state index is 0.296. The van der Waals surface area contributed by atoms with Gasteiger partial charge in [0.05, 0.1) is 18.2 Å². The second-order valence-electron chi connectivity index (χ2n) is 7.88. The first-order chi connectivity index (χ1) is 13.6. The number of para-hydroxylation sites is 1. The van der Waals surface area contributed by atoms with Crippen molar-refractivity contribution in [3.8, 4) is 5.75 Å². The molecule has 0 radical (unpaired) electrons. The van der Waals surface area contributed by atoms with Crippen molar-refractivity contribution >= 4 is 16.6 Å². The fourth-order valence-corrected chi connectivity index (χ4v) is 3.96. The molecule has 1 aliphatic rings. The van der Waals surface area contributed by atoms with Gasteiger partial charge in [-0.2, -0.15) is 0 Å². The maximum Gasteiger partial charge on any atom is 0.120 e. The van der Waals surface area contributed by atoms with Crippen molar-refractivity contribution in [1.29, 1.82) is 0 Å². The average molecular weight is 376 g/mol.